The van der Waals surface area contributed by atoms with Crippen molar-refractivity contribution in [3.8, 4) is 0 Å². The lowest BCUT2D eigenvalue weighted by Gasteiger charge is -2.24. The van der Waals surface area contributed by atoms with Crippen LogP contribution in [0.2, 0.25) is 0 Å². The van der Waals surface area contributed by atoms with Crippen molar-refractivity contribution in [3.63, 3.8) is 0 Å². The summed E-state index contributed by atoms with van der Waals surface area (Å²) in [5.74, 6) is 2.72. The van der Waals surface area contributed by atoms with Gasteiger partial charge < -0.3 is 15.1 Å². The highest BCUT2D eigenvalue weighted by atomic mass is 16.3. The topological polar surface area (TPSA) is 50.1 Å². The van der Waals surface area contributed by atoms with Gasteiger partial charge in [0.2, 0.25) is 0 Å². The third-order valence-corrected chi connectivity index (χ3v) is 4.90. The molecule has 4 heteroatoms. The Balaban J connectivity index is 1.44. The Labute approximate surface area is 148 Å². The molecule has 4 nitrogen and oxygen atoms in total. The van der Waals surface area contributed by atoms with Gasteiger partial charge in [-0.1, -0.05) is 19.3 Å². The van der Waals surface area contributed by atoms with Crippen LogP contribution in [0.3, 0.4) is 0 Å². The second kappa shape index (κ2) is 7.18. The van der Waals surface area contributed by atoms with E-state index in [4.69, 9.17) is 9.40 Å². The van der Waals surface area contributed by atoms with Crippen LogP contribution in [0, 0.1) is 6.92 Å². The lowest BCUT2D eigenvalue weighted by atomic mass is 9.95. The summed E-state index contributed by atoms with van der Waals surface area (Å²) >= 11 is 0. The Hall–Kier alpha value is -2.49. The van der Waals surface area contributed by atoms with Gasteiger partial charge in [0.1, 0.15) is 17.3 Å². The Morgan fingerprint density at radius 3 is 2.72 bits per heavy atom. The second-order valence-electron chi connectivity index (χ2n) is 6.95. The minimum absolute atomic E-state index is 0.622. The fraction of sp³-hybridized carbons (Fsp3) is 0.381. The smallest absolute Gasteiger partial charge is 0.127 e. The fourth-order valence-corrected chi connectivity index (χ4v) is 3.55. The average molecular weight is 335 g/mol. The van der Waals surface area contributed by atoms with Crippen LogP contribution in [0.1, 0.15) is 43.6 Å². The van der Waals surface area contributed by atoms with Gasteiger partial charge in [-0.15, -0.1) is 0 Å². The van der Waals surface area contributed by atoms with Gasteiger partial charge in [0, 0.05) is 17.1 Å². The first-order valence-corrected chi connectivity index (χ1v) is 9.23. The highest BCUT2D eigenvalue weighted by molar-refractivity contribution is 5.83. The normalized spacial score (nSPS) is 15.4. The number of nitrogens with zero attached hydrogens (tertiary/aromatic N) is 1. The zero-order valence-electron chi connectivity index (χ0n) is 14.7. The van der Waals surface area contributed by atoms with Gasteiger partial charge in [0.05, 0.1) is 12.1 Å². The largest absolute Gasteiger partial charge is 0.465 e. The molecule has 130 valence electrons. The lowest BCUT2D eigenvalue weighted by molar-refractivity contribution is 0.463. The van der Waals surface area contributed by atoms with Crippen molar-refractivity contribution in [2.24, 2.45) is 0 Å². The van der Waals surface area contributed by atoms with Crippen molar-refractivity contribution in [2.45, 2.75) is 51.6 Å². The number of aryl methyl sites for hydroxylation is 1. The number of aromatic nitrogens is 1. The second-order valence-corrected chi connectivity index (χ2v) is 6.95. The van der Waals surface area contributed by atoms with Crippen LogP contribution in [0.5, 0.6) is 0 Å². The van der Waals surface area contributed by atoms with E-state index in [1.807, 2.05) is 25.1 Å². The van der Waals surface area contributed by atoms with Gasteiger partial charge in [-0.3, -0.25) is 0 Å². The van der Waals surface area contributed by atoms with E-state index in [0.29, 0.717) is 12.6 Å². The predicted molar refractivity (Wildman–Crippen MR) is 103 cm³/mol. The molecule has 0 atom stereocenters. The summed E-state index contributed by atoms with van der Waals surface area (Å²) in [6.07, 6.45) is 6.64. The van der Waals surface area contributed by atoms with Crippen molar-refractivity contribution in [1.29, 1.82) is 0 Å². The molecule has 1 aliphatic carbocycles. The van der Waals surface area contributed by atoms with Crippen molar-refractivity contribution in [3.05, 3.63) is 54.0 Å². The van der Waals surface area contributed by atoms with Crippen molar-refractivity contribution >= 4 is 22.4 Å². The molecule has 1 aliphatic rings. The van der Waals surface area contributed by atoms with Gasteiger partial charge in [0.15, 0.2) is 0 Å². The molecule has 2 heterocycles. The average Bonchev–Trinajstić information content (AvgIpc) is 3.06. The molecule has 1 aromatic carbocycles. The van der Waals surface area contributed by atoms with E-state index in [-0.39, 0.29) is 0 Å². The Morgan fingerprint density at radius 2 is 1.92 bits per heavy atom. The molecule has 25 heavy (non-hydrogen) atoms. The van der Waals surface area contributed by atoms with E-state index in [1.54, 1.807) is 0 Å². The van der Waals surface area contributed by atoms with Gasteiger partial charge in [-0.05, 0) is 62.2 Å². The first kappa shape index (κ1) is 16.0. The number of rotatable bonds is 5. The molecule has 1 saturated carbocycles. The maximum Gasteiger partial charge on any atom is 0.127 e. The quantitative estimate of drug-likeness (QED) is 0.647. The number of nitrogens with one attached hydrogen (secondary N) is 2. The highest BCUT2D eigenvalue weighted by Crippen LogP contribution is 2.24. The number of fused-ring (bicyclic) bond motifs is 1. The molecular weight excluding hydrogens is 310 g/mol. The summed E-state index contributed by atoms with van der Waals surface area (Å²) in [5.41, 5.74) is 2.21. The summed E-state index contributed by atoms with van der Waals surface area (Å²) in [6, 6.07) is 15.2. The number of hydrogen-bond donors (Lipinski definition) is 2. The molecule has 2 N–H and O–H groups in total. The summed E-state index contributed by atoms with van der Waals surface area (Å²) in [4.78, 5) is 4.70. The van der Waals surface area contributed by atoms with E-state index in [1.165, 1.54) is 43.2 Å². The van der Waals surface area contributed by atoms with Crippen LogP contribution >= 0.6 is 0 Å². The molecule has 0 unspecified atom stereocenters. The van der Waals surface area contributed by atoms with Gasteiger partial charge in [-0.2, -0.15) is 0 Å². The number of anilines is 2. The van der Waals surface area contributed by atoms with Crippen LogP contribution in [0.4, 0.5) is 11.5 Å². The van der Waals surface area contributed by atoms with Crippen LogP contribution in [0.15, 0.2) is 46.9 Å². The predicted octanol–water partition coefficient (Wildman–Crippen LogP) is 5.49. The number of pyridine rings is 1. The highest BCUT2D eigenvalue weighted by Gasteiger charge is 2.13. The zero-order chi connectivity index (χ0) is 17.1. The zero-order valence-corrected chi connectivity index (χ0v) is 14.7. The first-order chi connectivity index (χ1) is 12.3. The molecule has 0 saturated heterocycles. The van der Waals surface area contributed by atoms with Crippen LogP contribution < -0.4 is 10.6 Å². The maximum absolute atomic E-state index is 5.58. The van der Waals surface area contributed by atoms with E-state index < -0.39 is 0 Å². The van der Waals surface area contributed by atoms with E-state index >= 15 is 0 Å². The minimum atomic E-state index is 0.622. The third kappa shape index (κ3) is 3.95. The van der Waals surface area contributed by atoms with Gasteiger partial charge in [0.25, 0.3) is 0 Å². The summed E-state index contributed by atoms with van der Waals surface area (Å²) in [7, 11) is 0. The van der Waals surface area contributed by atoms with Crippen molar-refractivity contribution < 1.29 is 4.42 Å². The Kier molecular flexibility index (Phi) is 4.59. The van der Waals surface area contributed by atoms with E-state index in [9.17, 15) is 0 Å². The van der Waals surface area contributed by atoms with Crippen molar-refractivity contribution in [2.75, 3.05) is 10.6 Å². The summed E-state index contributed by atoms with van der Waals surface area (Å²) < 4.78 is 5.58. The molecule has 0 radical (unpaired) electrons. The van der Waals surface area contributed by atoms with Crippen LogP contribution in [-0.4, -0.2) is 11.0 Å². The lowest BCUT2D eigenvalue weighted by Crippen LogP contribution is -2.22. The molecule has 0 amide bonds. The fourth-order valence-electron chi connectivity index (χ4n) is 3.55. The maximum atomic E-state index is 5.58. The number of furan rings is 1. The van der Waals surface area contributed by atoms with Crippen LogP contribution in [0.25, 0.3) is 10.9 Å². The molecule has 0 spiro atoms. The number of benzene rings is 1. The molecule has 1 fully saturated rings. The molecule has 0 bridgehead atoms. The van der Waals surface area contributed by atoms with Gasteiger partial charge >= 0.3 is 0 Å². The summed E-state index contributed by atoms with van der Waals surface area (Å²) in [6.45, 7) is 2.60. The third-order valence-electron chi connectivity index (χ3n) is 4.90. The van der Waals surface area contributed by atoms with E-state index in [0.717, 1.165) is 22.9 Å². The molecule has 3 aromatic rings. The monoisotopic (exact) mass is 335 g/mol. The summed E-state index contributed by atoms with van der Waals surface area (Å²) in [5, 5.41) is 8.17. The first-order valence-electron chi connectivity index (χ1n) is 9.23. The SMILES string of the molecule is Cc1ccc(CNc2ccc3cc(NC4CCCCC4)ccc3n2)o1. The van der Waals surface area contributed by atoms with Gasteiger partial charge in [-0.25, -0.2) is 4.98 Å². The minimum Gasteiger partial charge on any atom is -0.465 e. The van der Waals surface area contributed by atoms with Crippen LogP contribution in [-0.2, 0) is 6.54 Å². The number of hydrogen-bond acceptors (Lipinski definition) is 4. The molecule has 4 rings (SSSR count). The molecule has 0 aliphatic heterocycles. The van der Waals surface area contributed by atoms with E-state index in [2.05, 4.69) is 34.9 Å². The van der Waals surface area contributed by atoms with Crippen molar-refractivity contribution in [1.82, 2.24) is 4.98 Å². The molecular formula is C21H25N3O. The Bertz CT molecular complexity index is 849. The Morgan fingerprint density at radius 1 is 1.04 bits per heavy atom. The standard InChI is InChI=1S/C21H25N3O/c1-15-7-10-19(25-15)14-22-21-12-8-16-13-18(9-11-20(16)24-21)23-17-5-3-2-4-6-17/h7-13,17,23H,2-6,14H2,1H3,(H,22,24). The molecule has 2 aromatic heterocycles.